The highest BCUT2D eigenvalue weighted by molar-refractivity contribution is 5.88. The Morgan fingerprint density at radius 2 is 2.00 bits per heavy atom. The van der Waals surface area contributed by atoms with Gasteiger partial charge in [-0.05, 0) is 18.2 Å². The van der Waals surface area contributed by atoms with E-state index in [0.717, 1.165) is 12.1 Å². The van der Waals surface area contributed by atoms with Crippen LogP contribution in [-0.4, -0.2) is 23.5 Å². The Morgan fingerprint density at radius 3 is 2.52 bits per heavy atom. The molecular formula is C14H12F3NO3. The Morgan fingerprint density at radius 1 is 1.33 bits per heavy atom. The summed E-state index contributed by atoms with van der Waals surface area (Å²) in [7, 11) is 0. The molecule has 0 aliphatic rings. The fourth-order valence-electron chi connectivity index (χ4n) is 1.48. The Labute approximate surface area is 119 Å². The normalized spacial score (nSPS) is 10.5. The fraction of sp³-hybridized carbons (Fsp3) is 0.286. The van der Waals surface area contributed by atoms with Gasteiger partial charge in [-0.25, -0.2) is 4.79 Å². The quantitative estimate of drug-likeness (QED) is 0.664. The maximum atomic E-state index is 12.9. The predicted molar refractivity (Wildman–Crippen MR) is 68.6 cm³/mol. The predicted octanol–water partition coefficient (Wildman–Crippen LogP) is 2.28. The highest BCUT2D eigenvalue weighted by Gasteiger charge is 2.33. The van der Waals surface area contributed by atoms with Crippen molar-refractivity contribution in [3.63, 3.8) is 0 Å². The van der Waals surface area contributed by atoms with Crippen molar-refractivity contribution < 1.29 is 27.9 Å². The van der Waals surface area contributed by atoms with Crippen LogP contribution in [0.2, 0.25) is 0 Å². The second kappa shape index (κ2) is 6.79. The number of aromatic carboxylic acids is 1. The van der Waals surface area contributed by atoms with Crippen molar-refractivity contribution in [2.24, 2.45) is 0 Å². The summed E-state index contributed by atoms with van der Waals surface area (Å²) in [4.78, 5) is 21.3. The second-order valence-electron chi connectivity index (χ2n) is 4.10. The van der Waals surface area contributed by atoms with Crippen LogP contribution in [0.5, 0.6) is 0 Å². The van der Waals surface area contributed by atoms with E-state index in [4.69, 9.17) is 5.11 Å². The zero-order valence-corrected chi connectivity index (χ0v) is 11.0. The van der Waals surface area contributed by atoms with E-state index >= 15 is 0 Å². The van der Waals surface area contributed by atoms with E-state index in [2.05, 4.69) is 17.2 Å². The fourth-order valence-corrected chi connectivity index (χ4v) is 1.48. The summed E-state index contributed by atoms with van der Waals surface area (Å²) in [6.07, 6.45) is -4.50. The lowest BCUT2D eigenvalue weighted by molar-refractivity contribution is -0.137. The van der Waals surface area contributed by atoms with Crippen LogP contribution in [0.25, 0.3) is 0 Å². The zero-order valence-electron chi connectivity index (χ0n) is 11.0. The largest absolute Gasteiger partial charge is 0.478 e. The lowest BCUT2D eigenvalue weighted by atomic mass is 10.0. The molecular weight excluding hydrogens is 287 g/mol. The standard InChI is InChI=1S/C14H12F3NO3/c1-9(19)18-7-3-2-4-10-5-6-11(13(20)21)8-12(10)14(15,16)17/h5-6,8H,3,7H2,1H3,(H,18,19)(H,20,21). The number of carbonyl (C=O) groups excluding carboxylic acids is 1. The molecule has 0 aliphatic carbocycles. The first-order valence-electron chi connectivity index (χ1n) is 5.89. The second-order valence-corrected chi connectivity index (χ2v) is 4.10. The number of carboxylic acids is 1. The molecule has 0 fully saturated rings. The molecule has 0 unspecified atom stereocenters. The van der Waals surface area contributed by atoms with Crippen LogP contribution < -0.4 is 5.32 Å². The van der Waals surface area contributed by atoms with Crippen molar-refractivity contribution in [3.05, 3.63) is 34.9 Å². The van der Waals surface area contributed by atoms with Gasteiger partial charge in [0.15, 0.2) is 0 Å². The SMILES string of the molecule is CC(=O)NCCC#Cc1ccc(C(=O)O)cc1C(F)(F)F. The number of alkyl halides is 3. The molecule has 0 saturated heterocycles. The Bertz CT molecular complexity index is 612. The van der Waals surface area contributed by atoms with Crippen LogP contribution in [-0.2, 0) is 11.0 Å². The third-order valence-electron chi connectivity index (χ3n) is 2.42. The van der Waals surface area contributed by atoms with E-state index < -0.39 is 23.3 Å². The molecule has 1 rings (SSSR count). The van der Waals surface area contributed by atoms with Gasteiger partial charge in [0, 0.05) is 25.5 Å². The van der Waals surface area contributed by atoms with Crippen molar-refractivity contribution in [2.45, 2.75) is 19.5 Å². The maximum Gasteiger partial charge on any atom is 0.417 e. The highest BCUT2D eigenvalue weighted by atomic mass is 19.4. The first kappa shape index (κ1) is 16.6. The highest BCUT2D eigenvalue weighted by Crippen LogP contribution is 2.32. The summed E-state index contributed by atoms with van der Waals surface area (Å²) in [6, 6.07) is 2.65. The van der Waals surface area contributed by atoms with Gasteiger partial charge in [-0.1, -0.05) is 11.8 Å². The van der Waals surface area contributed by atoms with Crippen LogP contribution in [0.4, 0.5) is 13.2 Å². The van der Waals surface area contributed by atoms with Crippen molar-refractivity contribution in [3.8, 4) is 11.8 Å². The first-order chi connectivity index (χ1) is 9.71. The lowest BCUT2D eigenvalue weighted by Crippen LogP contribution is -2.20. The molecule has 0 aliphatic heterocycles. The molecule has 21 heavy (non-hydrogen) atoms. The van der Waals surface area contributed by atoms with Gasteiger partial charge in [-0.2, -0.15) is 13.2 Å². The Hall–Kier alpha value is -2.49. The summed E-state index contributed by atoms with van der Waals surface area (Å²) < 4.78 is 38.6. The van der Waals surface area contributed by atoms with Gasteiger partial charge in [0.05, 0.1) is 11.1 Å². The first-order valence-corrected chi connectivity index (χ1v) is 5.89. The monoisotopic (exact) mass is 299 g/mol. The van der Waals surface area contributed by atoms with Crippen molar-refractivity contribution in [1.82, 2.24) is 5.32 Å². The number of hydrogen-bond donors (Lipinski definition) is 2. The van der Waals surface area contributed by atoms with Crippen LogP contribution in [0.3, 0.4) is 0 Å². The topological polar surface area (TPSA) is 66.4 Å². The molecule has 4 nitrogen and oxygen atoms in total. The summed E-state index contributed by atoms with van der Waals surface area (Å²) in [5, 5.41) is 11.2. The molecule has 0 saturated carbocycles. The average molecular weight is 299 g/mol. The molecule has 112 valence electrons. The van der Waals surface area contributed by atoms with Gasteiger partial charge in [-0.15, -0.1) is 0 Å². The molecule has 2 N–H and O–H groups in total. The van der Waals surface area contributed by atoms with E-state index in [9.17, 15) is 22.8 Å². The van der Waals surface area contributed by atoms with Crippen LogP contribution in [0.15, 0.2) is 18.2 Å². The van der Waals surface area contributed by atoms with E-state index in [1.165, 1.54) is 6.92 Å². The number of carbonyl (C=O) groups is 2. The van der Waals surface area contributed by atoms with Crippen LogP contribution in [0, 0.1) is 11.8 Å². The molecule has 0 radical (unpaired) electrons. The van der Waals surface area contributed by atoms with Gasteiger partial charge in [0.2, 0.25) is 5.91 Å². The van der Waals surface area contributed by atoms with Gasteiger partial charge in [0.1, 0.15) is 0 Å². The van der Waals surface area contributed by atoms with Gasteiger partial charge < -0.3 is 10.4 Å². The van der Waals surface area contributed by atoms with Crippen LogP contribution >= 0.6 is 0 Å². The van der Waals surface area contributed by atoms with Crippen molar-refractivity contribution >= 4 is 11.9 Å². The lowest BCUT2D eigenvalue weighted by Gasteiger charge is -2.09. The molecule has 0 heterocycles. The minimum absolute atomic E-state index is 0.192. The Kier molecular flexibility index (Phi) is 5.36. The number of carboxylic acid groups (broad SMARTS) is 1. The average Bonchev–Trinajstić information content (AvgIpc) is 2.36. The summed E-state index contributed by atoms with van der Waals surface area (Å²) >= 11 is 0. The number of hydrogen-bond acceptors (Lipinski definition) is 2. The number of rotatable bonds is 3. The number of benzene rings is 1. The minimum atomic E-state index is -4.69. The molecule has 0 aromatic heterocycles. The molecule has 0 spiro atoms. The number of nitrogens with one attached hydrogen (secondary N) is 1. The smallest absolute Gasteiger partial charge is 0.417 e. The minimum Gasteiger partial charge on any atom is -0.478 e. The van der Waals surface area contributed by atoms with Crippen molar-refractivity contribution in [2.75, 3.05) is 6.54 Å². The third kappa shape index (κ3) is 5.18. The van der Waals surface area contributed by atoms with Gasteiger partial charge in [0.25, 0.3) is 0 Å². The van der Waals surface area contributed by atoms with Crippen LogP contribution in [0.1, 0.15) is 34.8 Å². The molecule has 1 aromatic carbocycles. The van der Waals surface area contributed by atoms with Gasteiger partial charge >= 0.3 is 12.1 Å². The Balaban J connectivity index is 2.99. The molecule has 1 amide bonds. The molecule has 1 aromatic rings. The van der Waals surface area contributed by atoms with Gasteiger partial charge in [-0.3, -0.25) is 4.79 Å². The van der Waals surface area contributed by atoms with Crippen molar-refractivity contribution in [1.29, 1.82) is 0 Å². The number of amides is 1. The summed E-state index contributed by atoms with van der Waals surface area (Å²) in [6.45, 7) is 1.55. The summed E-state index contributed by atoms with van der Waals surface area (Å²) in [5.74, 6) is 3.16. The van der Waals surface area contributed by atoms with E-state index in [-0.39, 0.29) is 24.4 Å². The van der Waals surface area contributed by atoms with E-state index in [1.54, 1.807) is 0 Å². The zero-order chi connectivity index (χ0) is 16.0. The molecule has 0 bridgehead atoms. The third-order valence-corrected chi connectivity index (χ3v) is 2.42. The van der Waals surface area contributed by atoms with E-state index in [1.807, 2.05) is 0 Å². The summed E-state index contributed by atoms with van der Waals surface area (Å²) in [5.41, 5.74) is -1.84. The molecule has 0 atom stereocenters. The number of halogens is 3. The maximum absolute atomic E-state index is 12.9. The van der Waals surface area contributed by atoms with E-state index in [0.29, 0.717) is 6.07 Å². The molecule has 7 heteroatoms.